The summed E-state index contributed by atoms with van der Waals surface area (Å²) in [6.07, 6.45) is 9.13. The number of hydrogen-bond donors (Lipinski definition) is 2. The number of benzene rings is 1. The molecule has 0 radical (unpaired) electrons. The Balaban J connectivity index is 2.07. The molecule has 0 amide bonds. The molecule has 3 N–H and O–H groups in total. The van der Waals surface area contributed by atoms with Crippen LogP contribution in [0.3, 0.4) is 0 Å². The van der Waals surface area contributed by atoms with E-state index in [-0.39, 0.29) is 5.54 Å². The summed E-state index contributed by atoms with van der Waals surface area (Å²) in [6.45, 7) is 2.86. The summed E-state index contributed by atoms with van der Waals surface area (Å²) in [4.78, 5) is 0. The second-order valence-electron chi connectivity index (χ2n) is 5.74. The number of nitrogens with one attached hydrogen (secondary N) is 1. The van der Waals surface area contributed by atoms with Crippen LogP contribution in [0.15, 0.2) is 24.3 Å². The summed E-state index contributed by atoms with van der Waals surface area (Å²) in [7, 11) is 0. The van der Waals surface area contributed by atoms with E-state index in [1.54, 1.807) is 0 Å². The minimum atomic E-state index is 0.121. The standard InChI is InChI=1S/C16H26N2/c1-14-7-9-15(10-8-14)18-16(13-17)11-5-3-2-4-6-12-16/h7-10,18H,2-6,11-13,17H2,1H3. The van der Waals surface area contributed by atoms with E-state index in [4.69, 9.17) is 5.73 Å². The molecule has 0 spiro atoms. The Morgan fingerprint density at radius 1 is 1.00 bits per heavy atom. The van der Waals surface area contributed by atoms with E-state index in [0.29, 0.717) is 0 Å². The maximum Gasteiger partial charge on any atom is 0.0495 e. The van der Waals surface area contributed by atoms with Gasteiger partial charge >= 0.3 is 0 Å². The molecular formula is C16H26N2. The smallest absolute Gasteiger partial charge is 0.0495 e. The Bertz CT molecular complexity index is 348. The maximum absolute atomic E-state index is 6.07. The minimum Gasteiger partial charge on any atom is -0.378 e. The summed E-state index contributed by atoms with van der Waals surface area (Å²) in [5.41, 5.74) is 8.71. The molecule has 0 saturated heterocycles. The lowest BCUT2D eigenvalue weighted by Crippen LogP contribution is -2.45. The van der Waals surface area contributed by atoms with Gasteiger partial charge in [0.2, 0.25) is 0 Å². The number of rotatable bonds is 3. The third-order valence-corrected chi connectivity index (χ3v) is 4.16. The van der Waals surface area contributed by atoms with E-state index < -0.39 is 0 Å². The Morgan fingerprint density at radius 2 is 1.56 bits per heavy atom. The van der Waals surface area contributed by atoms with Crippen LogP contribution in [0.25, 0.3) is 0 Å². The van der Waals surface area contributed by atoms with Gasteiger partial charge in [0.05, 0.1) is 0 Å². The van der Waals surface area contributed by atoms with Crippen LogP contribution in [0.4, 0.5) is 5.69 Å². The molecule has 1 aromatic carbocycles. The summed E-state index contributed by atoms with van der Waals surface area (Å²) in [5.74, 6) is 0. The highest BCUT2D eigenvalue weighted by Gasteiger charge is 2.28. The van der Waals surface area contributed by atoms with Crippen molar-refractivity contribution in [1.29, 1.82) is 0 Å². The predicted molar refractivity (Wildman–Crippen MR) is 78.9 cm³/mol. The molecule has 2 rings (SSSR count). The van der Waals surface area contributed by atoms with Gasteiger partial charge in [-0.25, -0.2) is 0 Å². The van der Waals surface area contributed by atoms with E-state index in [2.05, 4.69) is 36.5 Å². The first-order valence-electron chi connectivity index (χ1n) is 7.29. The SMILES string of the molecule is Cc1ccc(NC2(CN)CCCCCCC2)cc1. The molecule has 1 fully saturated rings. The van der Waals surface area contributed by atoms with Crippen molar-refractivity contribution in [2.24, 2.45) is 5.73 Å². The van der Waals surface area contributed by atoms with Crippen LogP contribution >= 0.6 is 0 Å². The third-order valence-electron chi connectivity index (χ3n) is 4.16. The molecule has 0 atom stereocenters. The van der Waals surface area contributed by atoms with Gasteiger partial charge in [0.25, 0.3) is 0 Å². The van der Waals surface area contributed by atoms with Crippen LogP contribution < -0.4 is 11.1 Å². The quantitative estimate of drug-likeness (QED) is 0.850. The number of anilines is 1. The molecule has 1 saturated carbocycles. The fourth-order valence-electron chi connectivity index (χ4n) is 2.91. The lowest BCUT2D eigenvalue weighted by atomic mass is 9.83. The minimum absolute atomic E-state index is 0.121. The first-order chi connectivity index (χ1) is 8.74. The van der Waals surface area contributed by atoms with Gasteiger partial charge in [-0.2, -0.15) is 0 Å². The largest absolute Gasteiger partial charge is 0.378 e. The van der Waals surface area contributed by atoms with Crippen molar-refractivity contribution in [3.8, 4) is 0 Å². The van der Waals surface area contributed by atoms with Crippen molar-refractivity contribution >= 4 is 5.69 Å². The highest BCUT2D eigenvalue weighted by molar-refractivity contribution is 5.47. The van der Waals surface area contributed by atoms with Gasteiger partial charge in [-0.05, 0) is 31.9 Å². The van der Waals surface area contributed by atoms with E-state index in [0.717, 1.165) is 6.54 Å². The summed E-state index contributed by atoms with van der Waals surface area (Å²) in [5, 5.41) is 3.71. The van der Waals surface area contributed by atoms with Crippen LogP contribution in [-0.4, -0.2) is 12.1 Å². The van der Waals surface area contributed by atoms with Crippen molar-refractivity contribution in [3.63, 3.8) is 0 Å². The van der Waals surface area contributed by atoms with Gasteiger partial charge < -0.3 is 11.1 Å². The van der Waals surface area contributed by atoms with Crippen LogP contribution in [-0.2, 0) is 0 Å². The number of aryl methyl sites for hydroxylation is 1. The Kier molecular flexibility index (Phi) is 4.65. The van der Waals surface area contributed by atoms with Crippen molar-refractivity contribution in [3.05, 3.63) is 29.8 Å². The fourth-order valence-corrected chi connectivity index (χ4v) is 2.91. The van der Waals surface area contributed by atoms with Crippen molar-refractivity contribution in [1.82, 2.24) is 0 Å². The molecule has 0 aromatic heterocycles. The van der Waals surface area contributed by atoms with Crippen molar-refractivity contribution in [2.45, 2.75) is 57.4 Å². The zero-order valence-corrected chi connectivity index (χ0v) is 11.5. The van der Waals surface area contributed by atoms with Crippen LogP contribution in [0, 0.1) is 6.92 Å². The average molecular weight is 246 g/mol. The van der Waals surface area contributed by atoms with Gasteiger partial charge in [0.15, 0.2) is 0 Å². The Labute approximate surface area is 111 Å². The highest BCUT2D eigenvalue weighted by Crippen LogP contribution is 2.29. The molecule has 100 valence electrons. The zero-order chi connectivity index (χ0) is 12.8. The topological polar surface area (TPSA) is 38.0 Å². The first kappa shape index (κ1) is 13.4. The normalized spacial score (nSPS) is 19.9. The summed E-state index contributed by atoms with van der Waals surface area (Å²) < 4.78 is 0. The van der Waals surface area contributed by atoms with Gasteiger partial charge in [0, 0.05) is 17.8 Å². The predicted octanol–water partition coefficient (Wildman–Crippen LogP) is 3.85. The molecule has 1 aliphatic rings. The zero-order valence-electron chi connectivity index (χ0n) is 11.5. The van der Waals surface area contributed by atoms with Gasteiger partial charge in [-0.3, -0.25) is 0 Å². The second-order valence-corrected chi connectivity index (χ2v) is 5.74. The molecule has 0 heterocycles. The fraction of sp³-hybridized carbons (Fsp3) is 0.625. The van der Waals surface area contributed by atoms with E-state index in [9.17, 15) is 0 Å². The monoisotopic (exact) mass is 246 g/mol. The van der Waals surface area contributed by atoms with Crippen LogP contribution in [0.5, 0.6) is 0 Å². The maximum atomic E-state index is 6.07. The Hall–Kier alpha value is -1.02. The lowest BCUT2D eigenvalue weighted by Gasteiger charge is -2.36. The third kappa shape index (κ3) is 3.49. The van der Waals surface area contributed by atoms with Gasteiger partial charge in [0.1, 0.15) is 0 Å². The number of hydrogen-bond acceptors (Lipinski definition) is 2. The second kappa shape index (κ2) is 6.24. The van der Waals surface area contributed by atoms with E-state index in [1.807, 2.05) is 0 Å². The molecule has 18 heavy (non-hydrogen) atoms. The molecule has 0 unspecified atom stereocenters. The van der Waals surface area contributed by atoms with Crippen molar-refractivity contribution in [2.75, 3.05) is 11.9 Å². The molecular weight excluding hydrogens is 220 g/mol. The highest BCUT2D eigenvalue weighted by atomic mass is 15.0. The van der Waals surface area contributed by atoms with Crippen molar-refractivity contribution < 1.29 is 0 Å². The molecule has 2 nitrogen and oxygen atoms in total. The van der Waals surface area contributed by atoms with Crippen LogP contribution in [0.1, 0.15) is 50.5 Å². The van der Waals surface area contributed by atoms with Gasteiger partial charge in [-0.15, -0.1) is 0 Å². The first-order valence-corrected chi connectivity index (χ1v) is 7.29. The lowest BCUT2D eigenvalue weighted by molar-refractivity contribution is 0.351. The molecule has 2 heteroatoms. The summed E-state index contributed by atoms with van der Waals surface area (Å²) in [6, 6.07) is 8.67. The molecule has 0 aliphatic heterocycles. The van der Waals surface area contributed by atoms with Gasteiger partial charge in [-0.1, -0.05) is 49.8 Å². The van der Waals surface area contributed by atoms with E-state index in [1.165, 1.54) is 56.2 Å². The van der Waals surface area contributed by atoms with Crippen LogP contribution in [0.2, 0.25) is 0 Å². The molecule has 0 bridgehead atoms. The Morgan fingerprint density at radius 3 is 2.11 bits per heavy atom. The van der Waals surface area contributed by atoms with E-state index >= 15 is 0 Å². The molecule has 1 aliphatic carbocycles. The average Bonchev–Trinajstić information content (AvgIpc) is 2.36. The summed E-state index contributed by atoms with van der Waals surface area (Å²) >= 11 is 0. The number of nitrogens with two attached hydrogens (primary N) is 1. The molecule has 1 aromatic rings.